The van der Waals surface area contributed by atoms with E-state index in [1.807, 2.05) is 24.3 Å². The summed E-state index contributed by atoms with van der Waals surface area (Å²) in [6.07, 6.45) is 18.7. The number of unbranched alkanes of at least 4 members (excludes halogenated alkanes) is 10. The first-order valence-electron chi connectivity index (χ1n) is 15.3. The molecule has 4 nitrogen and oxygen atoms in total. The minimum Gasteiger partial charge on any atom is -0.494 e. The monoisotopic (exact) mass is 524 g/mol. The molecule has 2 aromatic carbocycles. The Bertz CT molecular complexity index is 844. The quantitative estimate of drug-likeness (QED) is 0.0873. The average Bonchev–Trinajstić information content (AvgIpc) is 2.94. The van der Waals surface area contributed by atoms with Gasteiger partial charge in [-0.1, -0.05) is 90.2 Å². The smallest absolute Gasteiger partial charge is 0.343 e. The molecule has 0 fully saturated rings. The van der Waals surface area contributed by atoms with E-state index < -0.39 is 0 Å². The summed E-state index contributed by atoms with van der Waals surface area (Å²) in [6.45, 7) is 8.24. The molecule has 4 heteroatoms. The molecule has 212 valence electrons. The molecule has 0 amide bonds. The molecule has 0 bridgehead atoms. The lowest BCUT2D eigenvalue weighted by molar-refractivity contribution is 0.0560. The maximum atomic E-state index is 12.5. The predicted octanol–water partition coefficient (Wildman–Crippen LogP) is 9.73. The highest BCUT2D eigenvalue weighted by molar-refractivity contribution is 5.91. The molecule has 1 unspecified atom stereocenters. The van der Waals surface area contributed by atoms with Crippen molar-refractivity contribution < 1.29 is 19.0 Å². The minimum atomic E-state index is -0.347. The Balaban J connectivity index is 1.60. The fourth-order valence-electron chi connectivity index (χ4n) is 4.48. The number of esters is 1. The third-order valence-corrected chi connectivity index (χ3v) is 6.97. The van der Waals surface area contributed by atoms with E-state index in [1.165, 1.54) is 63.4 Å². The molecule has 0 aliphatic heterocycles. The van der Waals surface area contributed by atoms with Crippen LogP contribution in [0, 0.1) is 0 Å². The summed E-state index contributed by atoms with van der Waals surface area (Å²) < 4.78 is 17.3. The van der Waals surface area contributed by atoms with Gasteiger partial charge in [0.25, 0.3) is 0 Å². The van der Waals surface area contributed by atoms with Gasteiger partial charge in [0, 0.05) is 6.61 Å². The summed E-state index contributed by atoms with van der Waals surface area (Å²) in [5.41, 5.74) is 1.79. The van der Waals surface area contributed by atoms with Crippen molar-refractivity contribution in [2.24, 2.45) is 0 Å². The van der Waals surface area contributed by atoms with E-state index in [0.717, 1.165) is 57.5 Å². The van der Waals surface area contributed by atoms with Crippen molar-refractivity contribution in [3.63, 3.8) is 0 Å². The first-order chi connectivity index (χ1) is 18.6. The number of hydrogen-bond donors (Lipinski definition) is 0. The van der Waals surface area contributed by atoms with Gasteiger partial charge in [-0.2, -0.15) is 0 Å². The molecule has 0 aromatic heterocycles. The third-order valence-electron chi connectivity index (χ3n) is 6.97. The molecule has 2 rings (SSSR count). The second-order valence-corrected chi connectivity index (χ2v) is 10.5. The van der Waals surface area contributed by atoms with Crippen molar-refractivity contribution in [1.29, 1.82) is 0 Å². The highest BCUT2D eigenvalue weighted by atomic mass is 16.5. The number of hydrogen-bond acceptors (Lipinski definition) is 4. The molecule has 1 atom stereocenters. The molecule has 0 aliphatic rings. The second kappa shape index (κ2) is 20.6. The largest absolute Gasteiger partial charge is 0.494 e. The zero-order chi connectivity index (χ0) is 27.3. The van der Waals surface area contributed by atoms with Crippen LogP contribution in [-0.4, -0.2) is 25.3 Å². The first-order valence-corrected chi connectivity index (χ1v) is 15.3. The molecular weight excluding hydrogens is 472 g/mol. The second-order valence-electron chi connectivity index (χ2n) is 10.5. The summed E-state index contributed by atoms with van der Waals surface area (Å²) in [6, 6.07) is 15.1. The van der Waals surface area contributed by atoms with Crippen LogP contribution in [0.1, 0.15) is 127 Å². The molecule has 38 heavy (non-hydrogen) atoms. The highest BCUT2D eigenvalue weighted by Crippen LogP contribution is 2.19. The van der Waals surface area contributed by atoms with Gasteiger partial charge in [-0.25, -0.2) is 4.79 Å². The zero-order valence-electron chi connectivity index (χ0n) is 24.3. The van der Waals surface area contributed by atoms with Crippen LogP contribution in [0.25, 0.3) is 0 Å². The lowest BCUT2D eigenvalue weighted by Gasteiger charge is -2.12. The van der Waals surface area contributed by atoms with Gasteiger partial charge < -0.3 is 14.2 Å². The zero-order valence-corrected chi connectivity index (χ0v) is 24.3. The molecule has 0 saturated carbocycles. The Labute approximate surface area is 232 Å². The Kier molecular flexibility index (Phi) is 17.3. The summed E-state index contributed by atoms with van der Waals surface area (Å²) in [7, 11) is 0. The maximum absolute atomic E-state index is 12.5. The van der Waals surface area contributed by atoms with Crippen molar-refractivity contribution in [3.8, 4) is 11.5 Å². The minimum absolute atomic E-state index is 0.337. The Morgan fingerprint density at radius 3 is 1.92 bits per heavy atom. The van der Waals surface area contributed by atoms with Crippen molar-refractivity contribution in [1.82, 2.24) is 0 Å². The summed E-state index contributed by atoms with van der Waals surface area (Å²) in [5.74, 6) is 1.02. The van der Waals surface area contributed by atoms with Crippen molar-refractivity contribution >= 4 is 5.97 Å². The van der Waals surface area contributed by atoms with Crippen LogP contribution in [0.2, 0.25) is 0 Å². The summed E-state index contributed by atoms with van der Waals surface area (Å²) in [4.78, 5) is 12.5. The molecule has 0 saturated heterocycles. The van der Waals surface area contributed by atoms with E-state index in [9.17, 15) is 4.79 Å². The molecule has 0 heterocycles. The number of rotatable bonds is 22. The summed E-state index contributed by atoms with van der Waals surface area (Å²) in [5, 5.41) is 0. The number of ether oxygens (including phenoxy) is 3. The van der Waals surface area contributed by atoms with Gasteiger partial charge in [0.05, 0.1) is 18.3 Å². The van der Waals surface area contributed by atoms with Gasteiger partial charge in [-0.3, -0.25) is 0 Å². The van der Waals surface area contributed by atoms with Crippen molar-refractivity contribution in [3.05, 3.63) is 59.7 Å². The van der Waals surface area contributed by atoms with E-state index >= 15 is 0 Å². The number of carbonyl (C=O) groups is 1. The lowest BCUT2D eigenvalue weighted by atomic mass is 10.1. The Morgan fingerprint density at radius 1 is 0.658 bits per heavy atom. The predicted molar refractivity (Wildman–Crippen MR) is 158 cm³/mol. The van der Waals surface area contributed by atoms with E-state index in [-0.39, 0.29) is 5.97 Å². The normalized spacial score (nSPS) is 11.9. The van der Waals surface area contributed by atoms with Gasteiger partial charge >= 0.3 is 5.97 Å². The lowest BCUT2D eigenvalue weighted by Crippen LogP contribution is -2.09. The molecule has 0 radical (unpaired) electrons. The van der Waals surface area contributed by atoms with Gasteiger partial charge in [-0.15, -0.1) is 0 Å². The molecule has 0 N–H and O–H groups in total. The van der Waals surface area contributed by atoms with Gasteiger partial charge in [0.15, 0.2) is 0 Å². The van der Waals surface area contributed by atoms with Crippen LogP contribution in [0.15, 0.2) is 48.5 Å². The van der Waals surface area contributed by atoms with Crippen LogP contribution in [0.4, 0.5) is 0 Å². The SMILES string of the molecule is CCCCCCCCCCOc1ccc(C(=O)Oc2ccc(CCCCC(C)OCCCCC)cc2)cc1. The fourth-order valence-corrected chi connectivity index (χ4v) is 4.48. The van der Waals surface area contributed by atoms with E-state index in [0.29, 0.717) is 17.4 Å². The summed E-state index contributed by atoms with van der Waals surface area (Å²) >= 11 is 0. The Hall–Kier alpha value is -2.33. The Morgan fingerprint density at radius 2 is 1.24 bits per heavy atom. The van der Waals surface area contributed by atoms with Gasteiger partial charge in [0.1, 0.15) is 11.5 Å². The van der Waals surface area contributed by atoms with E-state index in [4.69, 9.17) is 14.2 Å². The topological polar surface area (TPSA) is 44.8 Å². The van der Waals surface area contributed by atoms with Gasteiger partial charge in [-0.05, 0) is 81.0 Å². The highest BCUT2D eigenvalue weighted by Gasteiger charge is 2.09. The van der Waals surface area contributed by atoms with Crippen LogP contribution >= 0.6 is 0 Å². The standard InChI is InChI=1S/C34H52O4/c1-4-6-8-9-10-11-12-16-28-37-32-25-21-31(22-26-32)34(35)38-33-23-19-30(20-24-33)18-14-13-17-29(3)36-27-15-7-5-2/h19-26,29H,4-18,27-28H2,1-3H3. The first kappa shape index (κ1) is 31.9. The maximum Gasteiger partial charge on any atom is 0.343 e. The van der Waals surface area contributed by atoms with E-state index in [2.05, 4.69) is 32.9 Å². The number of aryl methyl sites for hydroxylation is 1. The van der Waals surface area contributed by atoms with E-state index in [1.54, 1.807) is 12.1 Å². The van der Waals surface area contributed by atoms with Crippen molar-refractivity contribution in [2.45, 2.75) is 123 Å². The van der Waals surface area contributed by atoms with Crippen LogP contribution < -0.4 is 9.47 Å². The van der Waals surface area contributed by atoms with Crippen LogP contribution in [0.3, 0.4) is 0 Å². The number of benzene rings is 2. The third kappa shape index (κ3) is 14.6. The molecule has 0 spiro atoms. The van der Waals surface area contributed by atoms with Gasteiger partial charge in [0.2, 0.25) is 0 Å². The van der Waals surface area contributed by atoms with Crippen LogP contribution in [-0.2, 0) is 11.2 Å². The van der Waals surface area contributed by atoms with Crippen LogP contribution in [0.5, 0.6) is 11.5 Å². The number of carbonyl (C=O) groups excluding carboxylic acids is 1. The van der Waals surface area contributed by atoms with Crippen molar-refractivity contribution in [2.75, 3.05) is 13.2 Å². The molecule has 2 aromatic rings. The fraction of sp³-hybridized carbons (Fsp3) is 0.618. The molecular formula is C34H52O4. The molecule has 0 aliphatic carbocycles. The average molecular weight is 525 g/mol.